The number of amidine groups is 1. The summed E-state index contributed by atoms with van der Waals surface area (Å²) in [4.78, 5) is 14.7. The van der Waals surface area contributed by atoms with Crippen LogP contribution in [-0.2, 0) is 0 Å². The van der Waals surface area contributed by atoms with Gasteiger partial charge in [0, 0.05) is 44.6 Å². The van der Waals surface area contributed by atoms with Gasteiger partial charge in [-0.2, -0.15) is 0 Å². The molecule has 0 unspecified atom stereocenters. The van der Waals surface area contributed by atoms with Gasteiger partial charge in [-0.1, -0.05) is 116 Å². The van der Waals surface area contributed by atoms with E-state index in [9.17, 15) is 0 Å². The molecule has 3 heterocycles. The molecule has 0 radical (unpaired) electrons. The Labute approximate surface area is 295 Å². The summed E-state index contributed by atoms with van der Waals surface area (Å²) < 4.78 is 8.39. The molecule has 3 aromatic heterocycles. The van der Waals surface area contributed by atoms with Gasteiger partial charge in [-0.3, -0.25) is 4.98 Å². The molecule has 51 heavy (non-hydrogen) atoms. The van der Waals surface area contributed by atoms with Gasteiger partial charge in [-0.25, -0.2) is 9.98 Å². The molecule has 0 saturated heterocycles. The highest BCUT2D eigenvalue weighted by Crippen LogP contribution is 2.37. The van der Waals surface area contributed by atoms with E-state index in [1.165, 1.54) is 10.8 Å². The van der Waals surface area contributed by atoms with E-state index in [0.717, 1.165) is 72.2 Å². The lowest BCUT2D eigenvalue weighted by Gasteiger charge is -2.11. The molecule has 0 atom stereocenters. The predicted molar refractivity (Wildman–Crippen MR) is 212 cm³/mol. The van der Waals surface area contributed by atoms with E-state index < -0.39 is 0 Å². The van der Waals surface area contributed by atoms with E-state index in [2.05, 4.69) is 90.0 Å². The Morgan fingerprint density at radius 3 is 1.98 bits per heavy atom. The van der Waals surface area contributed by atoms with Crippen LogP contribution in [0.1, 0.15) is 23.6 Å². The van der Waals surface area contributed by atoms with E-state index >= 15 is 0 Å². The number of nitrogens with zero attached hydrogens (tertiary/aromatic N) is 4. The van der Waals surface area contributed by atoms with Crippen LogP contribution in [0.3, 0.4) is 0 Å². The van der Waals surface area contributed by atoms with Gasteiger partial charge in [0.2, 0.25) is 0 Å². The topological polar surface area (TPSA) is 55.7 Å². The maximum Gasteiger partial charge on any atom is 0.160 e. The van der Waals surface area contributed by atoms with Crippen molar-refractivity contribution in [2.75, 3.05) is 0 Å². The Kier molecular flexibility index (Phi) is 7.44. The summed E-state index contributed by atoms with van der Waals surface area (Å²) >= 11 is 0. The summed E-state index contributed by atoms with van der Waals surface area (Å²) in [5.41, 5.74) is 11.5. The van der Waals surface area contributed by atoms with E-state index in [1.807, 2.05) is 92.1 Å². The molecule has 9 rings (SSSR count). The van der Waals surface area contributed by atoms with Crippen LogP contribution in [0.5, 0.6) is 0 Å². The van der Waals surface area contributed by atoms with Gasteiger partial charge in [-0.15, -0.1) is 0 Å². The van der Waals surface area contributed by atoms with Crippen molar-refractivity contribution in [3.8, 4) is 16.8 Å². The first-order valence-corrected chi connectivity index (χ1v) is 17.0. The number of aromatic nitrogens is 2. The average Bonchev–Trinajstić information content (AvgIpc) is 3.73. The fraction of sp³-hybridized carbons (Fsp3) is 0.0217. The Balaban J connectivity index is 1.13. The second-order valence-corrected chi connectivity index (χ2v) is 12.6. The molecular formula is C46H32N4O. The van der Waals surface area contributed by atoms with Crippen LogP contribution in [0, 0.1) is 0 Å². The molecule has 0 amide bonds. The smallest absolute Gasteiger partial charge is 0.160 e. The predicted octanol–water partition coefficient (Wildman–Crippen LogP) is 11.7. The molecule has 0 aliphatic heterocycles. The number of furan rings is 1. The molecule has 0 bridgehead atoms. The minimum Gasteiger partial charge on any atom is -0.456 e. The molecule has 242 valence electrons. The molecule has 5 nitrogen and oxygen atoms in total. The Bertz CT molecular complexity index is 2820. The molecule has 9 aromatic rings. The van der Waals surface area contributed by atoms with Gasteiger partial charge in [0.1, 0.15) is 11.2 Å². The van der Waals surface area contributed by atoms with Crippen LogP contribution < -0.4 is 0 Å². The van der Waals surface area contributed by atoms with Gasteiger partial charge in [0.25, 0.3) is 0 Å². The standard InChI is InChI=1S/C46H32N4O/c1-30(32-13-5-3-6-14-32)48-46(33-15-7-4-8-16-33)49-31(2)36-25-37(29-47-28-36)50-42-19-11-9-17-38(42)40-26-34(21-23-43(40)50)35-22-24-45-41(27-35)39-18-10-12-20-44(39)51-45/h3-29H,1H2,2H3. The van der Waals surface area contributed by atoms with Crippen LogP contribution in [0.2, 0.25) is 0 Å². The van der Waals surface area contributed by atoms with Crippen LogP contribution in [0.15, 0.2) is 185 Å². The van der Waals surface area contributed by atoms with Gasteiger partial charge in [-0.05, 0) is 66.1 Å². The number of hydrogen-bond donors (Lipinski definition) is 0. The van der Waals surface area contributed by atoms with Crippen LogP contribution >= 0.6 is 0 Å². The minimum atomic E-state index is 0.596. The lowest BCUT2D eigenvalue weighted by molar-refractivity contribution is 0.669. The van der Waals surface area contributed by atoms with Gasteiger partial charge < -0.3 is 8.98 Å². The second-order valence-electron chi connectivity index (χ2n) is 12.6. The number of fused-ring (bicyclic) bond motifs is 6. The number of para-hydroxylation sites is 2. The third kappa shape index (κ3) is 5.51. The fourth-order valence-electron chi connectivity index (χ4n) is 6.87. The first-order valence-electron chi connectivity index (χ1n) is 17.0. The van der Waals surface area contributed by atoms with E-state index in [0.29, 0.717) is 11.5 Å². The second kappa shape index (κ2) is 12.6. The largest absolute Gasteiger partial charge is 0.456 e. The van der Waals surface area contributed by atoms with E-state index in [1.54, 1.807) is 0 Å². The zero-order valence-electron chi connectivity index (χ0n) is 28.0. The quantitative estimate of drug-likeness (QED) is 0.132. The summed E-state index contributed by atoms with van der Waals surface area (Å²) in [5, 5.41) is 4.60. The number of hydrogen-bond acceptors (Lipinski definition) is 3. The Hall–Kier alpha value is -6.85. The molecular weight excluding hydrogens is 625 g/mol. The fourth-order valence-corrected chi connectivity index (χ4v) is 6.87. The van der Waals surface area contributed by atoms with Crippen LogP contribution in [0.25, 0.3) is 66.3 Å². The Morgan fingerprint density at radius 2 is 1.18 bits per heavy atom. The highest BCUT2D eigenvalue weighted by molar-refractivity contribution is 6.14. The first kappa shape index (κ1) is 30.2. The lowest BCUT2D eigenvalue weighted by atomic mass is 10.0. The number of rotatable bonds is 6. The van der Waals surface area contributed by atoms with Crippen molar-refractivity contribution >= 4 is 61.0 Å². The molecule has 6 aromatic carbocycles. The van der Waals surface area contributed by atoms with Crippen LogP contribution in [-0.4, -0.2) is 21.1 Å². The highest BCUT2D eigenvalue weighted by atomic mass is 16.3. The first-order chi connectivity index (χ1) is 25.1. The van der Waals surface area contributed by atoms with E-state index in [4.69, 9.17) is 19.4 Å². The molecule has 0 aliphatic rings. The summed E-state index contributed by atoms with van der Waals surface area (Å²) in [6.45, 7) is 6.25. The van der Waals surface area contributed by atoms with Crippen LogP contribution in [0.4, 0.5) is 0 Å². The normalized spacial score (nSPS) is 12.3. The molecule has 0 spiro atoms. The van der Waals surface area contributed by atoms with Gasteiger partial charge >= 0.3 is 0 Å². The third-order valence-corrected chi connectivity index (χ3v) is 9.44. The molecule has 0 fully saturated rings. The van der Waals surface area contributed by atoms with Crippen molar-refractivity contribution in [1.29, 1.82) is 0 Å². The third-order valence-electron chi connectivity index (χ3n) is 9.44. The van der Waals surface area contributed by atoms with Crippen molar-refractivity contribution < 1.29 is 4.42 Å². The Morgan fingerprint density at radius 1 is 0.549 bits per heavy atom. The monoisotopic (exact) mass is 656 g/mol. The minimum absolute atomic E-state index is 0.596. The highest BCUT2D eigenvalue weighted by Gasteiger charge is 2.16. The maximum atomic E-state index is 6.10. The zero-order chi connectivity index (χ0) is 34.3. The molecule has 0 aliphatic carbocycles. The van der Waals surface area contributed by atoms with Crippen molar-refractivity contribution in [3.05, 3.63) is 187 Å². The number of pyridine rings is 1. The van der Waals surface area contributed by atoms with Gasteiger partial charge in [0.15, 0.2) is 5.84 Å². The summed E-state index contributed by atoms with van der Waals surface area (Å²) in [5.74, 6) is 0.596. The summed E-state index contributed by atoms with van der Waals surface area (Å²) in [6.07, 6.45) is 3.77. The summed E-state index contributed by atoms with van der Waals surface area (Å²) in [7, 11) is 0. The average molecular weight is 657 g/mol. The number of benzene rings is 6. The van der Waals surface area contributed by atoms with E-state index in [-0.39, 0.29) is 0 Å². The molecule has 0 saturated carbocycles. The zero-order valence-corrected chi connectivity index (χ0v) is 28.0. The van der Waals surface area contributed by atoms with Crippen molar-refractivity contribution in [2.24, 2.45) is 9.98 Å². The van der Waals surface area contributed by atoms with Crippen molar-refractivity contribution in [3.63, 3.8) is 0 Å². The molecule has 0 N–H and O–H groups in total. The summed E-state index contributed by atoms with van der Waals surface area (Å²) in [6, 6.07) is 52.1. The van der Waals surface area contributed by atoms with Crippen molar-refractivity contribution in [1.82, 2.24) is 9.55 Å². The SMILES string of the molecule is C=C(N=C(N=C(C)c1cncc(-n2c3ccccc3c3cc(-c4ccc5oc6ccccc6c5c4)ccc32)c1)c1ccccc1)c1ccccc1. The number of aliphatic imine (C=N–C) groups is 2. The van der Waals surface area contributed by atoms with Crippen molar-refractivity contribution in [2.45, 2.75) is 6.92 Å². The van der Waals surface area contributed by atoms with Gasteiger partial charge in [0.05, 0.1) is 28.6 Å². The maximum absolute atomic E-state index is 6.10. The molecule has 5 heteroatoms. The lowest BCUT2D eigenvalue weighted by Crippen LogP contribution is -2.06.